The Morgan fingerprint density at radius 3 is 2.43 bits per heavy atom. The van der Waals surface area contributed by atoms with Crippen molar-refractivity contribution in [2.45, 2.75) is 6.92 Å². The number of anilines is 1. The van der Waals surface area contributed by atoms with Crippen LogP contribution >= 0.6 is 12.2 Å². The molecular weight excluding hydrogens is 311 g/mol. The third kappa shape index (κ3) is 5.00. The Labute approximate surface area is 140 Å². The van der Waals surface area contributed by atoms with Crippen LogP contribution in [0.15, 0.2) is 60.7 Å². The fourth-order valence-corrected chi connectivity index (χ4v) is 2.35. The molecular formula is C18H17FN2OS. The molecule has 2 aromatic rings. The van der Waals surface area contributed by atoms with Gasteiger partial charge in [-0.15, -0.1) is 0 Å². The first-order chi connectivity index (χ1) is 11.1. The topological polar surface area (TPSA) is 32.3 Å². The minimum absolute atomic E-state index is 0.311. The van der Waals surface area contributed by atoms with E-state index in [0.29, 0.717) is 11.7 Å². The van der Waals surface area contributed by atoms with E-state index in [9.17, 15) is 9.18 Å². The molecule has 0 spiro atoms. The van der Waals surface area contributed by atoms with Gasteiger partial charge in [-0.25, -0.2) is 4.39 Å². The highest BCUT2D eigenvalue weighted by Crippen LogP contribution is 2.13. The summed E-state index contributed by atoms with van der Waals surface area (Å²) in [6, 6.07) is 15.5. The number of nitrogens with zero attached hydrogens (tertiary/aromatic N) is 1. The fraction of sp³-hybridized carbons (Fsp3) is 0.111. The van der Waals surface area contributed by atoms with E-state index >= 15 is 0 Å². The van der Waals surface area contributed by atoms with Crippen LogP contribution in [0.25, 0.3) is 6.08 Å². The molecule has 0 aliphatic rings. The molecule has 2 aromatic carbocycles. The predicted molar refractivity (Wildman–Crippen MR) is 95.6 cm³/mol. The molecule has 3 nitrogen and oxygen atoms in total. The van der Waals surface area contributed by atoms with Crippen molar-refractivity contribution in [1.82, 2.24) is 5.32 Å². The van der Waals surface area contributed by atoms with Crippen LogP contribution in [0.4, 0.5) is 10.1 Å². The van der Waals surface area contributed by atoms with Crippen LogP contribution in [0.5, 0.6) is 0 Å². The summed E-state index contributed by atoms with van der Waals surface area (Å²) in [5.74, 6) is -0.636. The number of carbonyl (C=O) groups is 1. The third-order valence-corrected chi connectivity index (χ3v) is 3.48. The predicted octanol–water partition coefficient (Wildman–Crippen LogP) is 3.77. The standard InChI is InChI=1S/C18H17FN2OS/c1-2-21(16-6-4-3-5-7-16)18(23)20-17(22)13-10-14-8-11-15(19)12-9-14/h3-13H,2H2,1H3,(H,20,22,23). The number of nitrogens with one attached hydrogen (secondary N) is 1. The van der Waals surface area contributed by atoms with Crippen LogP contribution in [-0.4, -0.2) is 17.6 Å². The van der Waals surface area contributed by atoms with Gasteiger partial charge in [0.1, 0.15) is 5.82 Å². The molecule has 118 valence electrons. The van der Waals surface area contributed by atoms with Crippen molar-refractivity contribution in [3.8, 4) is 0 Å². The van der Waals surface area contributed by atoms with Crippen molar-refractivity contribution >= 4 is 35.0 Å². The van der Waals surface area contributed by atoms with Gasteiger partial charge in [0.15, 0.2) is 5.11 Å². The molecule has 0 aromatic heterocycles. The van der Waals surface area contributed by atoms with Gasteiger partial charge in [0, 0.05) is 18.3 Å². The molecule has 0 heterocycles. The van der Waals surface area contributed by atoms with E-state index in [1.165, 1.54) is 18.2 Å². The number of hydrogen-bond acceptors (Lipinski definition) is 2. The number of hydrogen-bond donors (Lipinski definition) is 1. The summed E-state index contributed by atoms with van der Waals surface area (Å²) in [7, 11) is 0. The SMILES string of the molecule is CCN(C(=S)NC(=O)C=Cc1ccc(F)cc1)c1ccccc1. The molecule has 0 radical (unpaired) electrons. The number of halogens is 1. The molecule has 2 rings (SSSR count). The van der Waals surface area contributed by atoms with Crippen LogP contribution in [0.3, 0.4) is 0 Å². The maximum Gasteiger partial charge on any atom is 0.250 e. The molecule has 5 heteroatoms. The minimum atomic E-state index is -0.325. The lowest BCUT2D eigenvalue weighted by Gasteiger charge is -2.23. The lowest BCUT2D eigenvalue weighted by molar-refractivity contribution is -0.115. The Kier molecular flexibility index (Phi) is 6.00. The molecule has 1 amide bonds. The Balaban J connectivity index is 1.98. The molecule has 1 N–H and O–H groups in total. The number of thiocarbonyl (C=S) groups is 1. The molecule has 0 fully saturated rings. The number of para-hydroxylation sites is 1. The van der Waals surface area contributed by atoms with E-state index in [1.54, 1.807) is 18.2 Å². The van der Waals surface area contributed by atoms with Crippen molar-refractivity contribution in [3.05, 3.63) is 72.1 Å². The third-order valence-electron chi connectivity index (χ3n) is 3.16. The van der Waals surface area contributed by atoms with Gasteiger partial charge in [-0.3, -0.25) is 10.1 Å². The first-order valence-corrected chi connectivity index (χ1v) is 7.62. The molecule has 0 bridgehead atoms. The molecule has 0 atom stereocenters. The second-order valence-electron chi connectivity index (χ2n) is 4.76. The lowest BCUT2D eigenvalue weighted by Crippen LogP contribution is -2.42. The van der Waals surface area contributed by atoms with E-state index in [0.717, 1.165) is 11.3 Å². The van der Waals surface area contributed by atoms with Gasteiger partial charge in [0.2, 0.25) is 5.91 Å². The largest absolute Gasteiger partial charge is 0.319 e. The average Bonchev–Trinajstić information content (AvgIpc) is 2.56. The zero-order valence-electron chi connectivity index (χ0n) is 12.7. The van der Waals surface area contributed by atoms with Gasteiger partial charge in [-0.05, 0) is 55.0 Å². The van der Waals surface area contributed by atoms with E-state index in [2.05, 4.69) is 5.32 Å². The van der Waals surface area contributed by atoms with Gasteiger partial charge in [-0.1, -0.05) is 30.3 Å². The zero-order chi connectivity index (χ0) is 16.7. The number of amides is 1. The molecule has 0 aliphatic heterocycles. The second-order valence-corrected chi connectivity index (χ2v) is 5.15. The summed E-state index contributed by atoms with van der Waals surface area (Å²) in [5.41, 5.74) is 1.66. The van der Waals surface area contributed by atoms with Crippen molar-refractivity contribution in [2.75, 3.05) is 11.4 Å². The minimum Gasteiger partial charge on any atom is -0.319 e. The number of rotatable bonds is 4. The highest BCUT2D eigenvalue weighted by atomic mass is 32.1. The van der Waals surface area contributed by atoms with Crippen molar-refractivity contribution < 1.29 is 9.18 Å². The summed E-state index contributed by atoms with van der Waals surface area (Å²) in [6.07, 6.45) is 2.98. The monoisotopic (exact) mass is 328 g/mol. The van der Waals surface area contributed by atoms with Crippen molar-refractivity contribution in [3.63, 3.8) is 0 Å². The van der Waals surface area contributed by atoms with E-state index in [4.69, 9.17) is 12.2 Å². The van der Waals surface area contributed by atoms with Crippen LogP contribution in [0.2, 0.25) is 0 Å². The first-order valence-electron chi connectivity index (χ1n) is 7.21. The number of benzene rings is 2. The summed E-state index contributed by atoms with van der Waals surface area (Å²) < 4.78 is 12.8. The van der Waals surface area contributed by atoms with Gasteiger partial charge in [0.25, 0.3) is 0 Å². The molecule has 0 aliphatic carbocycles. The van der Waals surface area contributed by atoms with Crippen molar-refractivity contribution in [1.29, 1.82) is 0 Å². The van der Waals surface area contributed by atoms with E-state index in [-0.39, 0.29) is 11.7 Å². The van der Waals surface area contributed by atoms with Crippen LogP contribution in [0, 0.1) is 5.82 Å². The zero-order valence-corrected chi connectivity index (χ0v) is 13.5. The first kappa shape index (κ1) is 16.8. The van der Waals surface area contributed by atoms with Crippen LogP contribution in [0.1, 0.15) is 12.5 Å². The van der Waals surface area contributed by atoms with Gasteiger partial charge in [0.05, 0.1) is 0 Å². The quantitative estimate of drug-likeness (QED) is 0.685. The second kappa shape index (κ2) is 8.19. The Hall–Kier alpha value is -2.53. The number of carbonyl (C=O) groups excluding carboxylic acids is 1. The Morgan fingerprint density at radius 2 is 1.83 bits per heavy atom. The normalized spacial score (nSPS) is 10.5. The van der Waals surface area contributed by atoms with Crippen LogP contribution < -0.4 is 10.2 Å². The summed E-state index contributed by atoms with van der Waals surface area (Å²) in [5, 5.41) is 3.01. The van der Waals surface area contributed by atoms with Gasteiger partial charge < -0.3 is 4.90 Å². The lowest BCUT2D eigenvalue weighted by atomic mass is 10.2. The van der Waals surface area contributed by atoms with Gasteiger partial charge >= 0.3 is 0 Å². The molecule has 23 heavy (non-hydrogen) atoms. The Bertz CT molecular complexity index is 699. The summed E-state index contributed by atoms with van der Waals surface area (Å²) in [6.45, 7) is 2.60. The molecule has 0 saturated heterocycles. The summed E-state index contributed by atoms with van der Waals surface area (Å²) in [4.78, 5) is 13.8. The smallest absolute Gasteiger partial charge is 0.250 e. The van der Waals surface area contributed by atoms with Crippen molar-refractivity contribution in [2.24, 2.45) is 0 Å². The Morgan fingerprint density at radius 1 is 1.17 bits per heavy atom. The maximum absolute atomic E-state index is 12.8. The average molecular weight is 328 g/mol. The molecule has 0 saturated carbocycles. The maximum atomic E-state index is 12.8. The highest BCUT2D eigenvalue weighted by Gasteiger charge is 2.11. The molecule has 0 unspecified atom stereocenters. The fourth-order valence-electron chi connectivity index (χ4n) is 2.01. The van der Waals surface area contributed by atoms with E-state index < -0.39 is 0 Å². The summed E-state index contributed by atoms with van der Waals surface area (Å²) >= 11 is 5.29. The van der Waals surface area contributed by atoms with Crippen LogP contribution in [-0.2, 0) is 4.79 Å². The highest BCUT2D eigenvalue weighted by molar-refractivity contribution is 7.80. The van der Waals surface area contributed by atoms with E-state index in [1.807, 2.05) is 42.2 Å². The van der Waals surface area contributed by atoms with Gasteiger partial charge in [-0.2, -0.15) is 0 Å².